The van der Waals surface area contributed by atoms with Gasteiger partial charge in [0.05, 0.1) is 5.60 Å². The van der Waals surface area contributed by atoms with Gasteiger partial charge in [-0.3, -0.25) is 0 Å². The maximum atomic E-state index is 10.4. The summed E-state index contributed by atoms with van der Waals surface area (Å²) in [5.74, 6) is 0. The molecule has 88 valence electrons. The van der Waals surface area contributed by atoms with Crippen molar-refractivity contribution in [3.05, 3.63) is 0 Å². The van der Waals surface area contributed by atoms with Crippen LogP contribution in [-0.4, -0.2) is 41.3 Å². The first-order valence-corrected chi connectivity index (χ1v) is 6.38. The number of β-amino-alcohol motifs (C(OH)–C–C–N with tert-alkyl or cyclic N) is 1. The lowest BCUT2D eigenvalue weighted by Crippen LogP contribution is -2.48. The van der Waals surface area contributed by atoms with E-state index in [2.05, 4.69) is 4.90 Å². The molecule has 1 aliphatic carbocycles. The van der Waals surface area contributed by atoms with E-state index >= 15 is 0 Å². The molecule has 0 aromatic heterocycles. The minimum absolute atomic E-state index is 0.389. The zero-order valence-electron chi connectivity index (χ0n) is 9.62. The van der Waals surface area contributed by atoms with Crippen molar-refractivity contribution in [1.82, 2.24) is 4.90 Å². The molecule has 1 saturated carbocycles. The molecule has 2 rings (SSSR count). The van der Waals surface area contributed by atoms with Crippen LogP contribution in [0.15, 0.2) is 0 Å². The highest BCUT2D eigenvalue weighted by atomic mass is 16.3. The zero-order valence-corrected chi connectivity index (χ0v) is 9.62. The fraction of sp³-hybridized carbons (Fsp3) is 1.00. The van der Waals surface area contributed by atoms with Crippen LogP contribution in [0.3, 0.4) is 0 Å². The summed E-state index contributed by atoms with van der Waals surface area (Å²) < 4.78 is 0. The molecule has 0 spiro atoms. The van der Waals surface area contributed by atoms with Crippen LogP contribution in [-0.2, 0) is 0 Å². The van der Waals surface area contributed by atoms with Gasteiger partial charge in [-0.1, -0.05) is 19.3 Å². The maximum Gasteiger partial charge on any atom is 0.0774 e. The Bertz CT molecular complexity index is 194. The molecule has 3 N–H and O–H groups in total. The van der Waals surface area contributed by atoms with E-state index in [1.165, 1.54) is 19.3 Å². The van der Waals surface area contributed by atoms with Crippen LogP contribution >= 0.6 is 0 Å². The van der Waals surface area contributed by atoms with Gasteiger partial charge in [-0.15, -0.1) is 0 Å². The monoisotopic (exact) mass is 212 g/mol. The Morgan fingerprint density at radius 3 is 2.33 bits per heavy atom. The molecule has 0 amide bonds. The van der Waals surface area contributed by atoms with Crippen molar-refractivity contribution in [3.8, 4) is 0 Å². The smallest absolute Gasteiger partial charge is 0.0774 e. The van der Waals surface area contributed by atoms with E-state index in [9.17, 15) is 5.11 Å². The number of aliphatic hydroxyl groups is 1. The molecule has 0 aromatic rings. The summed E-state index contributed by atoms with van der Waals surface area (Å²) in [5, 5.41) is 10.4. The Kier molecular flexibility index (Phi) is 3.65. The van der Waals surface area contributed by atoms with Crippen molar-refractivity contribution < 1.29 is 5.11 Å². The molecule has 0 unspecified atom stereocenters. The van der Waals surface area contributed by atoms with E-state index in [-0.39, 0.29) is 5.60 Å². The molecule has 15 heavy (non-hydrogen) atoms. The summed E-state index contributed by atoms with van der Waals surface area (Å²) in [6, 6.07) is 0.391. The third kappa shape index (κ3) is 3.16. The van der Waals surface area contributed by atoms with Gasteiger partial charge in [-0.25, -0.2) is 0 Å². The van der Waals surface area contributed by atoms with Gasteiger partial charge in [0.1, 0.15) is 0 Å². The Morgan fingerprint density at radius 2 is 1.73 bits per heavy atom. The van der Waals surface area contributed by atoms with E-state index < -0.39 is 0 Å². The number of nitrogens with two attached hydrogens (primary N) is 1. The fourth-order valence-electron chi connectivity index (χ4n) is 2.90. The molecular weight excluding hydrogens is 188 g/mol. The Hall–Kier alpha value is -0.120. The molecule has 3 nitrogen and oxygen atoms in total. The van der Waals surface area contributed by atoms with E-state index in [1.54, 1.807) is 0 Å². The standard InChI is InChI=1S/C12H24N2O/c13-11-4-8-14(9-5-11)10-12(15)6-2-1-3-7-12/h11,15H,1-10,13H2. The summed E-state index contributed by atoms with van der Waals surface area (Å²) >= 11 is 0. The molecule has 0 atom stereocenters. The molecule has 0 bridgehead atoms. The van der Waals surface area contributed by atoms with Crippen LogP contribution in [0.2, 0.25) is 0 Å². The van der Waals surface area contributed by atoms with Crippen molar-refractivity contribution in [2.75, 3.05) is 19.6 Å². The number of rotatable bonds is 2. The molecular formula is C12H24N2O. The predicted molar refractivity (Wildman–Crippen MR) is 61.7 cm³/mol. The number of piperidine rings is 1. The molecule has 1 aliphatic heterocycles. The molecule has 2 fully saturated rings. The van der Waals surface area contributed by atoms with E-state index in [0.717, 1.165) is 45.3 Å². The third-order valence-corrected chi connectivity index (χ3v) is 3.93. The quantitative estimate of drug-likeness (QED) is 0.721. The molecule has 3 heteroatoms. The van der Waals surface area contributed by atoms with Gasteiger partial charge in [-0.05, 0) is 38.8 Å². The second-order valence-corrected chi connectivity index (χ2v) is 5.40. The summed E-state index contributed by atoms with van der Waals surface area (Å²) in [6.45, 7) is 3.02. The minimum Gasteiger partial charge on any atom is -0.389 e. The molecule has 1 heterocycles. The summed E-state index contributed by atoms with van der Waals surface area (Å²) in [5.41, 5.74) is 5.48. The van der Waals surface area contributed by atoms with Crippen LogP contribution in [0.25, 0.3) is 0 Å². The molecule has 0 radical (unpaired) electrons. The van der Waals surface area contributed by atoms with Crippen molar-refractivity contribution in [3.63, 3.8) is 0 Å². The summed E-state index contributed by atoms with van der Waals surface area (Å²) in [7, 11) is 0. The number of hydrogen-bond donors (Lipinski definition) is 2. The van der Waals surface area contributed by atoms with Gasteiger partial charge in [0.2, 0.25) is 0 Å². The largest absolute Gasteiger partial charge is 0.389 e. The highest BCUT2D eigenvalue weighted by molar-refractivity contribution is 4.87. The summed E-state index contributed by atoms with van der Waals surface area (Å²) in [4.78, 5) is 2.40. The average molecular weight is 212 g/mol. The van der Waals surface area contributed by atoms with E-state index in [1.807, 2.05) is 0 Å². The zero-order chi connectivity index (χ0) is 10.7. The highest BCUT2D eigenvalue weighted by Crippen LogP contribution is 2.29. The summed E-state index contributed by atoms with van der Waals surface area (Å²) in [6.07, 6.45) is 7.87. The normalized spacial score (nSPS) is 29.2. The average Bonchev–Trinajstić information content (AvgIpc) is 2.22. The number of hydrogen-bond acceptors (Lipinski definition) is 3. The number of nitrogens with zero attached hydrogens (tertiary/aromatic N) is 1. The van der Waals surface area contributed by atoms with Crippen LogP contribution in [0, 0.1) is 0 Å². The first kappa shape index (κ1) is 11.4. The van der Waals surface area contributed by atoms with Gasteiger partial charge in [0, 0.05) is 12.6 Å². The molecule has 2 aliphatic rings. The highest BCUT2D eigenvalue weighted by Gasteiger charge is 2.32. The van der Waals surface area contributed by atoms with Gasteiger partial charge < -0.3 is 15.7 Å². The lowest BCUT2D eigenvalue weighted by molar-refractivity contribution is -0.0306. The van der Waals surface area contributed by atoms with Crippen molar-refractivity contribution in [1.29, 1.82) is 0 Å². The molecule has 1 saturated heterocycles. The third-order valence-electron chi connectivity index (χ3n) is 3.93. The molecule has 0 aromatic carbocycles. The van der Waals surface area contributed by atoms with Crippen LogP contribution in [0.4, 0.5) is 0 Å². The Morgan fingerprint density at radius 1 is 1.13 bits per heavy atom. The van der Waals surface area contributed by atoms with Gasteiger partial charge >= 0.3 is 0 Å². The second kappa shape index (κ2) is 4.81. The van der Waals surface area contributed by atoms with Crippen LogP contribution in [0.5, 0.6) is 0 Å². The topological polar surface area (TPSA) is 49.5 Å². The van der Waals surface area contributed by atoms with Crippen molar-refractivity contribution in [2.45, 2.75) is 56.6 Å². The lowest BCUT2D eigenvalue weighted by atomic mass is 9.84. The lowest BCUT2D eigenvalue weighted by Gasteiger charge is -2.39. The van der Waals surface area contributed by atoms with Gasteiger partial charge in [0.25, 0.3) is 0 Å². The van der Waals surface area contributed by atoms with Crippen LogP contribution in [0.1, 0.15) is 44.9 Å². The van der Waals surface area contributed by atoms with Crippen molar-refractivity contribution >= 4 is 0 Å². The van der Waals surface area contributed by atoms with E-state index in [0.29, 0.717) is 6.04 Å². The first-order valence-electron chi connectivity index (χ1n) is 6.38. The predicted octanol–water partition coefficient (Wildman–Crippen LogP) is 1.10. The van der Waals surface area contributed by atoms with E-state index in [4.69, 9.17) is 5.73 Å². The first-order chi connectivity index (χ1) is 7.18. The van der Waals surface area contributed by atoms with Crippen LogP contribution < -0.4 is 5.73 Å². The van der Waals surface area contributed by atoms with Gasteiger partial charge in [0.15, 0.2) is 0 Å². The SMILES string of the molecule is NC1CCN(CC2(O)CCCCC2)CC1. The fourth-order valence-corrected chi connectivity index (χ4v) is 2.90. The minimum atomic E-state index is -0.389. The second-order valence-electron chi connectivity index (χ2n) is 5.40. The maximum absolute atomic E-state index is 10.4. The number of likely N-dealkylation sites (tertiary alicyclic amines) is 1. The van der Waals surface area contributed by atoms with Gasteiger partial charge in [-0.2, -0.15) is 0 Å². The van der Waals surface area contributed by atoms with Crippen molar-refractivity contribution in [2.24, 2.45) is 5.73 Å². The Labute approximate surface area is 92.6 Å². The Balaban J connectivity index is 1.80.